The fraction of sp³-hybridized carbons (Fsp3) is 0.286. The van der Waals surface area contributed by atoms with Crippen LogP contribution < -0.4 is 10.2 Å². The molecule has 2 aliphatic heterocycles. The van der Waals surface area contributed by atoms with Gasteiger partial charge in [-0.15, -0.1) is 5.10 Å². The standard InChI is InChI=1S/C35H34ClFN8O5/c1-20(2)22-16-26-24(29(17-22)43-15-14-42(3)18-31(43)47)12-13-44(33(26)34(48)39-23-6-4-21(5-7-23)35(49)50)30(46)11-8-25-28(45-19-38-40-41-45)10-9-27(36)32(25)37/h4-11,16-17,19-20,33H,12-15,18H2,1-3H3,(H,39,48)(H,49,50)/b11-8+/t33-/m0/s1. The van der Waals surface area contributed by atoms with Crippen LogP contribution in [0.3, 0.4) is 0 Å². The lowest BCUT2D eigenvalue weighted by molar-refractivity contribution is -0.135. The van der Waals surface area contributed by atoms with Gasteiger partial charge in [0.15, 0.2) is 5.82 Å². The van der Waals surface area contributed by atoms with E-state index in [1.54, 1.807) is 4.90 Å². The second-order valence-corrected chi connectivity index (χ2v) is 12.9. The van der Waals surface area contributed by atoms with E-state index in [-0.39, 0.29) is 46.8 Å². The summed E-state index contributed by atoms with van der Waals surface area (Å²) >= 11 is 6.09. The van der Waals surface area contributed by atoms with Gasteiger partial charge >= 0.3 is 5.97 Å². The Labute approximate surface area is 291 Å². The molecule has 6 rings (SSSR count). The first-order valence-corrected chi connectivity index (χ1v) is 16.3. The summed E-state index contributed by atoms with van der Waals surface area (Å²) in [4.78, 5) is 58.2. The minimum atomic E-state index is -1.15. The highest BCUT2D eigenvalue weighted by Crippen LogP contribution is 2.40. The second-order valence-electron chi connectivity index (χ2n) is 12.5. The van der Waals surface area contributed by atoms with Crippen molar-refractivity contribution in [1.82, 2.24) is 30.0 Å². The van der Waals surface area contributed by atoms with Crippen molar-refractivity contribution < 1.29 is 28.7 Å². The summed E-state index contributed by atoms with van der Waals surface area (Å²) in [5, 5.41) is 23.0. The highest BCUT2D eigenvalue weighted by Gasteiger charge is 2.38. The van der Waals surface area contributed by atoms with E-state index in [4.69, 9.17) is 11.6 Å². The van der Waals surface area contributed by atoms with Crippen LogP contribution in [0.5, 0.6) is 0 Å². The van der Waals surface area contributed by atoms with Gasteiger partial charge < -0.3 is 20.2 Å². The fourth-order valence-corrected chi connectivity index (χ4v) is 6.39. The molecular weight excluding hydrogens is 667 g/mol. The summed E-state index contributed by atoms with van der Waals surface area (Å²) in [6, 6.07) is 11.3. The van der Waals surface area contributed by atoms with Gasteiger partial charge in [-0.2, -0.15) is 4.68 Å². The number of aromatic carboxylic acids is 1. The molecule has 0 bridgehead atoms. The van der Waals surface area contributed by atoms with Gasteiger partial charge in [0.05, 0.1) is 22.8 Å². The van der Waals surface area contributed by atoms with Crippen molar-refractivity contribution in [2.24, 2.45) is 0 Å². The number of fused-ring (bicyclic) bond motifs is 1. The average molecular weight is 701 g/mol. The molecule has 0 unspecified atom stereocenters. The number of halogens is 2. The van der Waals surface area contributed by atoms with Crippen LogP contribution in [0.25, 0.3) is 11.8 Å². The van der Waals surface area contributed by atoms with Crippen molar-refractivity contribution in [3.05, 3.63) is 99.6 Å². The first-order chi connectivity index (χ1) is 23.9. The Balaban J connectivity index is 1.43. The normalized spacial score (nSPS) is 16.6. The molecule has 0 spiro atoms. The zero-order valence-electron chi connectivity index (χ0n) is 27.5. The first kappa shape index (κ1) is 34.4. The van der Waals surface area contributed by atoms with E-state index in [1.807, 2.05) is 37.9 Å². The third-order valence-electron chi connectivity index (χ3n) is 8.89. The van der Waals surface area contributed by atoms with Crippen molar-refractivity contribution in [2.75, 3.05) is 43.4 Å². The van der Waals surface area contributed by atoms with E-state index in [0.717, 1.165) is 11.1 Å². The number of carboxylic acid groups (broad SMARTS) is 1. The number of amides is 3. The van der Waals surface area contributed by atoms with Crippen LogP contribution in [-0.2, 0) is 20.8 Å². The molecule has 2 N–H and O–H groups in total. The Bertz CT molecular complexity index is 2000. The number of carbonyl (C=O) groups excluding carboxylic acids is 3. The molecule has 1 aromatic heterocycles. The lowest BCUT2D eigenvalue weighted by atomic mass is 9.86. The largest absolute Gasteiger partial charge is 0.478 e. The third-order valence-corrected chi connectivity index (χ3v) is 9.18. The third kappa shape index (κ3) is 6.84. The number of hydrogen-bond acceptors (Lipinski definition) is 8. The van der Waals surface area contributed by atoms with E-state index in [9.17, 15) is 24.3 Å². The van der Waals surface area contributed by atoms with E-state index < -0.39 is 29.6 Å². The molecule has 1 saturated heterocycles. The second kappa shape index (κ2) is 14.2. The molecule has 3 heterocycles. The smallest absolute Gasteiger partial charge is 0.335 e. The van der Waals surface area contributed by atoms with E-state index >= 15 is 4.39 Å². The molecule has 0 saturated carbocycles. The fourth-order valence-electron chi connectivity index (χ4n) is 6.23. The number of carbonyl (C=O) groups is 4. The van der Waals surface area contributed by atoms with Gasteiger partial charge in [0.25, 0.3) is 5.91 Å². The summed E-state index contributed by atoms with van der Waals surface area (Å²) in [5.41, 5.74) is 3.52. The number of aromatic nitrogens is 4. The highest BCUT2D eigenvalue weighted by molar-refractivity contribution is 6.31. The predicted octanol–water partition coefficient (Wildman–Crippen LogP) is 4.33. The summed E-state index contributed by atoms with van der Waals surface area (Å²) in [6.07, 6.45) is 4.07. The minimum absolute atomic E-state index is 0.0235. The van der Waals surface area contributed by atoms with Crippen LogP contribution in [0, 0.1) is 5.82 Å². The van der Waals surface area contributed by atoms with Crippen molar-refractivity contribution in [3.8, 4) is 5.69 Å². The molecule has 3 amide bonds. The molecule has 258 valence electrons. The van der Waals surface area contributed by atoms with Crippen molar-refractivity contribution in [1.29, 1.82) is 0 Å². The van der Waals surface area contributed by atoms with Crippen LogP contribution in [-0.4, -0.2) is 92.0 Å². The van der Waals surface area contributed by atoms with Crippen LogP contribution >= 0.6 is 11.6 Å². The van der Waals surface area contributed by atoms with Gasteiger partial charge in [-0.1, -0.05) is 31.5 Å². The summed E-state index contributed by atoms with van der Waals surface area (Å²) in [7, 11) is 1.89. The number of rotatable bonds is 8. The molecular formula is C35H34ClFN8O5. The summed E-state index contributed by atoms with van der Waals surface area (Å²) in [5.74, 6) is -3.06. The molecule has 13 nitrogen and oxygen atoms in total. The van der Waals surface area contributed by atoms with Gasteiger partial charge in [-0.3, -0.25) is 19.3 Å². The molecule has 0 radical (unpaired) electrons. The van der Waals surface area contributed by atoms with Gasteiger partial charge in [0.1, 0.15) is 12.4 Å². The zero-order valence-corrected chi connectivity index (χ0v) is 28.3. The molecule has 1 atom stereocenters. The SMILES string of the molecule is CC(C)c1cc2c(c(N3CCN(C)CC3=O)c1)CCN(C(=O)/C=C/c1c(-n3cnnn3)ccc(Cl)c1F)[C@@H]2C(=O)Nc1ccc(C(=O)O)cc1. The Hall–Kier alpha value is -5.47. The van der Waals surface area contributed by atoms with Crippen LogP contribution in [0.4, 0.5) is 15.8 Å². The quantitative estimate of drug-likeness (QED) is 0.256. The Morgan fingerprint density at radius 3 is 2.48 bits per heavy atom. The number of nitrogens with one attached hydrogen (secondary N) is 1. The number of likely N-dealkylation sites (N-methyl/N-ethyl adjacent to an activating group) is 1. The summed E-state index contributed by atoms with van der Waals surface area (Å²) in [6.45, 7) is 5.51. The zero-order chi connectivity index (χ0) is 35.7. The van der Waals surface area contributed by atoms with Crippen molar-refractivity contribution in [2.45, 2.75) is 32.2 Å². The molecule has 2 aliphatic rings. The maximum atomic E-state index is 15.3. The molecule has 50 heavy (non-hydrogen) atoms. The molecule has 0 aliphatic carbocycles. The van der Waals surface area contributed by atoms with Crippen LogP contribution in [0.1, 0.15) is 58.4 Å². The monoisotopic (exact) mass is 700 g/mol. The van der Waals surface area contributed by atoms with Gasteiger partial charge in [0.2, 0.25) is 11.8 Å². The number of carboxylic acids is 1. The van der Waals surface area contributed by atoms with Gasteiger partial charge in [-0.25, -0.2) is 9.18 Å². The Morgan fingerprint density at radius 1 is 1.06 bits per heavy atom. The van der Waals surface area contributed by atoms with Crippen molar-refractivity contribution in [3.63, 3.8) is 0 Å². The lowest BCUT2D eigenvalue weighted by Gasteiger charge is -2.40. The van der Waals surface area contributed by atoms with Crippen molar-refractivity contribution >= 4 is 52.7 Å². The molecule has 15 heteroatoms. The number of tetrazole rings is 1. The number of anilines is 2. The number of nitrogens with zero attached hydrogens (tertiary/aromatic N) is 7. The number of hydrogen-bond donors (Lipinski definition) is 2. The summed E-state index contributed by atoms with van der Waals surface area (Å²) < 4.78 is 16.6. The Morgan fingerprint density at radius 2 is 1.82 bits per heavy atom. The topological polar surface area (TPSA) is 154 Å². The van der Waals surface area contributed by atoms with Gasteiger partial charge in [0, 0.05) is 42.6 Å². The Kier molecular flexibility index (Phi) is 9.75. The number of benzene rings is 3. The van der Waals surface area contributed by atoms with E-state index in [2.05, 4.69) is 20.8 Å². The maximum absolute atomic E-state index is 15.3. The van der Waals surface area contributed by atoms with Gasteiger partial charge in [-0.05, 0) is 95.0 Å². The minimum Gasteiger partial charge on any atom is -0.478 e. The average Bonchev–Trinajstić information content (AvgIpc) is 3.63. The van der Waals surface area contributed by atoms with Crippen LogP contribution in [0.15, 0.2) is 60.9 Å². The number of piperazine rings is 1. The first-order valence-electron chi connectivity index (χ1n) is 15.9. The highest BCUT2D eigenvalue weighted by atomic mass is 35.5. The van der Waals surface area contributed by atoms with E-state index in [0.29, 0.717) is 36.4 Å². The maximum Gasteiger partial charge on any atom is 0.335 e. The molecule has 1 fully saturated rings. The molecule has 3 aromatic carbocycles. The molecule has 4 aromatic rings. The van der Waals surface area contributed by atoms with Crippen LogP contribution in [0.2, 0.25) is 5.02 Å². The lowest BCUT2D eigenvalue weighted by Crippen LogP contribution is -2.50. The predicted molar refractivity (Wildman–Crippen MR) is 184 cm³/mol. The van der Waals surface area contributed by atoms with E-state index in [1.165, 1.54) is 64.5 Å².